The second-order valence-corrected chi connectivity index (χ2v) is 4.59. The largest absolute Gasteiger partial charge is 0.472 e. The number of hydrogen-bond donors (Lipinski definition) is 0. The molecule has 3 nitrogen and oxygen atoms in total. The van der Waals surface area contributed by atoms with E-state index in [1.165, 1.54) is 6.26 Å². The average molecular weight is 208 g/mol. The van der Waals surface area contributed by atoms with Gasteiger partial charge in [-0.1, -0.05) is 20.8 Å². The van der Waals surface area contributed by atoms with E-state index in [0.29, 0.717) is 6.42 Å². The fraction of sp³-hybridized carbons (Fsp3) is 0.417. The maximum atomic E-state index is 11.3. The fourth-order valence-corrected chi connectivity index (χ4v) is 1.03. The van der Waals surface area contributed by atoms with Gasteiger partial charge in [-0.2, -0.15) is 0 Å². The minimum Gasteiger partial charge on any atom is -0.472 e. The summed E-state index contributed by atoms with van der Waals surface area (Å²) in [7, 11) is 0. The second kappa shape index (κ2) is 4.82. The fourth-order valence-electron chi connectivity index (χ4n) is 1.03. The van der Waals surface area contributed by atoms with Crippen molar-refractivity contribution in [2.45, 2.75) is 27.2 Å². The van der Waals surface area contributed by atoms with Gasteiger partial charge in [-0.15, -0.1) is 0 Å². The second-order valence-electron chi connectivity index (χ2n) is 4.59. The highest BCUT2D eigenvalue weighted by atomic mass is 16.5. The van der Waals surface area contributed by atoms with Crippen LogP contribution in [0.3, 0.4) is 0 Å². The number of carbonyl (C=O) groups is 1. The molecule has 82 valence electrons. The van der Waals surface area contributed by atoms with Gasteiger partial charge < -0.3 is 9.15 Å². The lowest BCUT2D eigenvalue weighted by Crippen LogP contribution is -2.13. The summed E-state index contributed by atoms with van der Waals surface area (Å²) in [4.78, 5) is 11.3. The zero-order valence-electron chi connectivity index (χ0n) is 9.32. The Hall–Kier alpha value is -1.51. The maximum Gasteiger partial charge on any atom is 0.311 e. The number of esters is 1. The van der Waals surface area contributed by atoms with E-state index >= 15 is 0 Å². The van der Waals surface area contributed by atoms with Crippen LogP contribution in [0.5, 0.6) is 0 Å². The van der Waals surface area contributed by atoms with E-state index in [2.05, 4.69) is 0 Å². The first-order chi connectivity index (χ1) is 6.97. The van der Waals surface area contributed by atoms with Crippen LogP contribution in [0.4, 0.5) is 0 Å². The molecule has 0 saturated carbocycles. The third-order valence-electron chi connectivity index (χ3n) is 1.68. The molecule has 0 aromatic carbocycles. The molecule has 15 heavy (non-hydrogen) atoms. The van der Waals surface area contributed by atoms with Gasteiger partial charge in [0, 0.05) is 5.56 Å². The Balaban J connectivity index is 2.35. The molecular formula is C12H16O3. The Morgan fingerprint density at radius 3 is 2.80 bits per heavy atom. The van der Waals surface area contributed by atoms with Crippen LogP contribution in [-0.2, 0) is 9.53 Å². The van der Waals surface area contributed by atoms with Crippen LogP contribution in [0, 0.1) is 5.41 Å². The van der Waals surface area contributed by atoms with Crippen molar-refractivity contribution in [1.29, 1.82) is 0 Å². The van der Waals surface area contributed by atoms with Crippen molar-refractivity contribution >= 4 is 12.0 Å². The first-order valence-electron chi connectivity index (χ1n) is 4.86. The van der Waals surface area contributed by atoms with Gasteiger partial charge in [0.2, 0.25) is 0 Å². The summed E-state index contributed by atoms with van der Waals surface area (Å²) < 4.78 is 9.79. The van der Waals surface area contributed by atoms with Crippen molar-refractivity contribution in [3.05, 3.63) is 30.4 Å². The summed E-state index contributed by atoms with van der Waals surface area (Å²) in [5, 5.41) is 0. The third kappa shape index (κ3) is 5.05. The highest BCUT2D eigenvalue weighted by Gasteiger charge is 2.16. The molecule has 0 aliphatic heterocycles. The van der Waals surface area contributed by atoms with Gasteiger partial charge >= 0.3 is 5.97 Å². The zero-order valence-corrected chi connectivity index (χ0v) is 9.32. The Bertz CT molecular complexity index is 328. The number of rotatable bonds is 3. The normalized spacial score (nSPS) is 11.9. The summed E-state index contributed by atoms with van der Waals surface area (Å²) in [6.07, 6.45) is 6.62. The molecule has 0 atom stereocenters. The lowest BCUT2D eigenvalue weighted by molar-refractivity contribution is -0.139. The van der Waals surface area contributed by atoms with Crippen molar-refractivity contribution in [3.63, 3.8) is 0 Å². The van der Waals surface area contributed by atoms with E-state index in [-0.39, 0.29) is 11.4 Å². The molecule has 1 rings (SSSR count). The Morgan fingerprint density at radius 2 is 2.27 bits per heavy atom. The summed E-state index contributed by atoms with van der Waals surface area (Å²) in [5.74, 6) is -0.220. The predicted molar refractivity (Wildman–Crippen MR) is 57.9 cm³/mol. The summed E-state index contributed by atoms with van der Waals surface area (Å²) in [6, 6.07) is 1.79. The quantitative estimate of drug-likeness (QED) is 0.565. The van der Waals surface area contributed by atoms with Gasteiger partial charge in [-0.25, -0.2) is 0 Å². The molecule has 0 fully saturated rings. The molecule has 0 N–H and O–H groups in total. The Morgan fingerprint density at radius 1 is 1.53 bits per heavy atom. The van der Waals surface area contributed by atoms with Gasteiger partial charge in [-0.05, 0) is 17.6 Å². The molecule has 1 aromatic rings. The van der Waals surface area contributed by atoms with E-state index in [0.717, 1.165) is 5.56 Å². The van der Waals surface area contributed by atoms with Crippen LogP contribution in [0.25, 0.3) is 6.08 Å². The van der Waals surface area contributed by atoms with E-state index in [9.17, 15) is 4.79 Å². The van der Waals surface area contributed by atoms with Crippen LogP contribution in [0.15, 0.2) is 29.3 Å². The van der Waals surface area contributed by atoms with Gasteiger partial charge in [0.15, 0.2) is 0 Å². The molecule has 1 aromatic heterocycles. The van der Waals surface area contributed by atoms with E-state index in [1.54, 1.807) is 24.7 Å². The summed E-state index contributed by atoms with van der Waals surface area (Å²) in [6.45, 7) is 5.98. The lowest BCUT2D eigenvalue weighted by atomic mass is 9.93. The van der Waals surface area contributed by atoms with Gasteiger partial charge in [0.05, 0.1) is 25.2 Å². The molecule has 3 heteroatoms. The van der Waals surface area contributed by atoms with Crippen LogP contribution in [0.2, 0.25) is 0 Å². The monoisotopic (exact) mass is 208 g/mol. The van der Waals surface area contributed by atoms with Crippen LogP contribution in [0.1, 0.15) is 32.8 Å². The Kier molecular flexibility index (Phi) is 3.72. The first-order valence-corrected chi connectivity index (χ1v) is 4.86. The van der Waals surface area contributed by atoms with Crippen LogP contribution in [-0.4, -0.2) is 5.97 Å². The van der Waals surface area contributed by atoms with Gasteiger partial charge in [-0.3, -0.25) is 4.79 Å². The van der Waals surface area contributed by atoms with Crippen molar-refractivity contribution in [2.24, 2.45) is 5.41 Å². The SMILES string of the molecule is CC(C)(C)CC(=O)O/C=C/c1ccoc1. The molecule has 0 saturated heterocycles. The standard InChI is InChI=1S/C12H16O3/c1-12(2,3)8-11(13)15-7-5-10-4-6-14-9-10/h4-7,9H,8H2,1-3H3/b7-5+. The minimum absolute atomic E-state index is 0.0411. The lowest BCUT2D eigenvalue weighted by Gasteiger charge is -2.15. The molecule has 0 aliphatic carbocycles. The van der Waals surface area contributed by atoms with Gasteiger partial charge in [0.1, 0.15) is 0 Å². The zero-order chi connectivity index (χ0) is 11.3. The molecule has 0 bridgehead atoms. The summed E-state index contributed by atoms with van der Waals surface area (Å²) in [5.41, 5.74) is 0.833. The summed E-state index contributed by atoms with van der Waals surface area (Å²) >= 11 is 0. The van der Waals surface area contributed by atoms with Crippen LogP contribution >= 0.6 is 0 Å². The molecule has 0 radical (unpaired) electrons. The molecule has 0 amide bonds. The smallest absolute Gasteiger partial charge is 0.311 e. The van der Waals surface area contributed by atoms with E-state index in [4.69, 9.17) is 9.15 Å². The molecule has 0 spiro atoms. The topological polar surface area (TPSA) is 39.4 Å². The molecule has 0 unspecified atom stereocenters. The van der Waals surface area contributed by atoms with Crippen molar-refractivity contribution in [1.82, 2.24) is 0 Å². The van der Waals surface area contributed by atoms with Crippen LogP contribution < -0.4 is 0 Å². The average Bonchev–Trinajstić information content (AvgIpc) is 2.53. The number of furan rings is 1. The number of hydrogen-bond acceptors (Lipinski definition) is 3. The van der Waals surface area contributed by atoms with Crippen molar-refractivity contribution in [3.8, 4) is 0 Å². The highest BCUT2D eigenvalue weighted by molar-refractivity contribution is 5.71. The first kappa shape index (κ1) is 11.6. The van der Waals surface area contributed by atoms with Crippen molar-refractivity contribution < 1.29 is 13.9 Å². The highest BCUT2D eigenvalue weighted by Crippen LogP contribution is 2.18. The molecule has 1 heterocycles. The third-order valence-corrected chi connectivity index (χ3v) is 1.68. The maximum absolute atomic E-state index is 11.3. The number of carbonyl (C=O) groups excluding carboxylic acids is 1. The molecule has 0 aliphatic rings. The van der Waals surface area contributed by atoms with Crippen molar-refractivity contribution in [2.75, 3.05) is 0 Å². The molecular weight excluding hydrogens is 192 g/mol. The van der Waals surface area contributed by atoms with E-state index < -0.39 is 0 Å². The van der Waals surface area contributed by atoms with E-state index in [1.807, 2.05) is 20.8 Å². The predicted octanol–water partition coefficient (Wildman–Crippen LogP) is 3.23. The Labute approximate surface area is 89.7 Å². The minimum atomic E-state index is -0.220. The number of ether oxygens (including phenoxy) is 1. The van der Waals surface area contributed by atoms with Gasteiger partial charge in [0.25, 0.3) is 0 Å².